The monoisotopic (exact) mass is 463 g/mol. The van der Waals surface area contributed by atoms with Crippen LogP contribution in [0.25, 0.3) is 11.4 Å². The fourth-order valence-electron chi connectivity index (χ4n) is 3.33. The first kappa shape index (κ1) is 22.7. The van der Waals surface area contributed by atoms with Crippen LogP contribution in [0.1, 0.15) is 26.3 Å². The molecule has 4 rings (SSSR count). The Bertz CT molecular complexity index is 1420. The van der Waals surface area contributed by atoms with Gasteiger partial charge in [0.2, 0.25) is 0 Å². The number of halogens is 2. The summed E-state index contributed by atoms with van der Waals surface area (Å²) in [6.07, 6.45) is 2.89. The standard InChI is InChI=1S/C25H19F2N3O4/c1-14-3-5-18(26)20(9-14)29-24(31)15-4-6-19(27)23(11-15)34-17-7-8-28-21(12-17)22-10-16(25(32)33)13-30(22)2/h3-13H,1-2H3,(H,29,31)(H,32,33). The normalized spacial score (nSPS) is 10.7. The van der Waals surface area contributed by atoms with E-state index in [0.717, 1.165) is 11.6 Å². The van der Waals surface area contributed by atoms with Gasteiger partial charge in [-0.1, -0.05) is 6.07 Å². The Hall–Kier alpha value is -4.53. The Kier molecular flexibility index (Phi) is 6.09. The highest BCUT2D eigenvalue weighted by Gasteiger charge is 2.16. The molecular formula is C25H19F2N3O4. The second kappa shape index (κ2) is 9.14. The van der Waals surface area contributed by atoms with Crippen molar-refractivity contribution in [3.8, 4) is 22.9 Å². The molecule has 0 spiro atoms. The molecule has 4 aromatic rings. The maximum atomic E-state index is 14.4. The zero-order chi connectivity index (χ0) is 24.4. The van der Waals surface area contributed by atoms with Crippen molar-refractivity contribution >= 4 is 17.6 Å². The van der Waals surface area contributed by atoms with Gasteiger partial charge in [-0.15, -0.1) is 0 Å². The lowest BCUT2D eigenvalue weighted by molar-refractivity contribution is 0.0696. The third-order valence-electron chi connectivity index (χ3n) is 5.04. The lowest BCUT2D eigenvalue weighted by atomic mass is 10.1. The van der Waals surface area contributed by atoms with Gasteiger partial charge < -0.3 is 19.7 Å². The third kappa shape index (κ3) is 4.78. The Morgan fingerprint density at radius 2 is 1.76 bits per heavy atom. The molecule has 2 heterocycles. The maximum absolute atomic E-state index is 14.4. The molecule has 172 valence electrons. The molecule has 9 heteroatoms. The predicted octanol–water partition coefficient (Wildman–Crippen LogP) is 5.42. The second-order valence-corrected chi connectivity index (χ2v) is 7.59. The highest BCUT2D eigenvalue weighted by Crippen LogP contribution is 2.29. The zero-order valence-electron chi connectivity index (χ0n) is 18.2. The van der Waals surface area contributed by atoms with Crippen LogP contribution in [0.5, 0.6) is 11.5 Å². The van der Waals surface area contributed by atoms with Gasteiger partial charge in [0.25, 0.3) is 5.91 Å². The first-order valence-corrected chi connectivity index (χ1v) is 10.1. The van der Waals surface area contributed by atoms with E-state index in [1.165, 1.54) is 54.9 Å². The summed E-state index contributed by atoms with van der Waals surface area (Å²) in [7, 11) is 1.68. The summed E-state index contributed by atoms with van der Waals surface area (Å²) in [6.45, 7) is 1.76. The zero-order valence-corrected chi connectivity index (χ0v) is 18.2. The summed E-state index contributed by atoms with van der Waals surface area (Å²) in [4.78, 5) is 28.1. The molecular weight excluding hydrogens is 444 g/mol. The van der Waals surface area contributed by atoms with Gasteiger partial charge in [0.05, 0.1) is 22.6 Å². The second-order valence-electron chi connectivity index (χ2n) is 7.59. The number of carboxylic acids is 1. The van der Waals surface area contributed by atoms with Crippen LogP contribution in [-0.2, 0) is 7.05 Å². The van der Waals surface area contributed by atoms with E-state index in [-0.39, 0.29) is 28.3 Å². The molecule has 0 aliphatic heterocycles. The van der Waals surface area contributed by atoms with Gasteiger partial charge in [-0.05, 0) is 55.0 Å². The smallest absolute Gasteiger partial charge is 0.337 e. The molecule has 0 saturated heterocycles. The van der Waals surface area contributed by atoms with Crippen molar-refractivity contribution in [2.45, 2.75) is 6.92 Å². The van der Waals surface area contributed by atoms with Crippen LogP contribution in [0.2, 0.25) is 0 Å². The van der Waals surface area contributed by atoms with Gasteiger partial charge >= 0.3 is 5.97 Å². The highest BCUT2D eigenvalue weighted by atomic mass is 19.1. The van der Waals surface area contributed by atoms with E-state index in [1.54, 1.807) is 24.6 Å². The number of amides is 1. The van der Waals surface area contributed by atoms with Crippen molar-refractivity contribution in [2.24, 2.45) is 7.05 Å². The van der Waals surface area contributed by atoms with E-state index >= 15 is 0 Å². The summed E-state index contributed by atoms with van der Waals surface area (Å²) in [6, 6.07) is 12.4. The van der Waals surface area contributed by atoms with Crippen molar-refractivity contribution in [3.63, 3.8) is 0 Å². The van der Waals surface area contributed by atoms with E-state index in [0.29, 0.717) is 11.4 Å². The summed E-state index contributed by atoms with van der Waals surface area (Å²) < 4.78 is 35.7. The fourth-order valence-corrected chi connectivity index (χ4v) is 3.33. The van der Waals surface area contributed by atoms with E-state index in [9.17, 15) is 23.5 Å². The Morgan fingerprint density at radius 1 is 1.00 bits per heavy atom. The number of anilines is 1. The molecule has 2 aromatic carbocycles. The van der Waals surface area contributed by atoms with Gasteiger partial charge in [0.15, 0.2) is 11.6 Å². The number of ether oxygens (including phenoxy) is 1. The van der Waals surface area contributed by atoms with Gasteiger partial charge in [0.1, 0.15) is 11.6 Å². The topological polar surface area (TPSA) is 93.4 Å². The average Bonchev–Trinajstić information content (AvgIpc) is 3.20. The van der Waals surface area contributed by atoms with Crippen molar-refractivity contribution in [1.29, 1.82) is 0 Å². The van der Waals surface area contributed by atoms with Crippen LogP contribution in [0.4, 0.5) is 14.5 Å². The van der Waals surface area contributed by atoms with Gasteiger partial charge in [-0.2, -0.15) is 0 Å². The van der Waals surface area contributed by atoms with Crippen LogP contribution >= 0.6 is 0 Å². The molecule has 34 heavy (non-hydrogen) atoms. The summed E-state index contributed by atoms with van der Waals surface area (Å²) in [5, 5.41) is 11.7. The molecule has 2 N–H and O–H groups in total. The van der Waals surface area contributed by atoms with Gasteiger partial charge in [-0.3, -0.25) is 9.78 Å². The van der Waals surface area contributed by atoms with Crippen LogP contribution in [0.3, 0.4) is 0 Å². The SMILES string of the molecule is Cc1ccc(F)c(NC(=O)c2ccc(F)c(Oc3ccnc(-c4cc(C(=O)O)cn4C)c3)c2)c1. The molecule has 2 aromatic heterocycles. The number of aromatic nitrogens is 2. The number of aryl methyl sites for hydroxylation is 2. The average molecular weight is 463 g/mol. The molecule has 0 aliphatic carbocycles. The maximum Gasteiger partial charge on any atom is 0.337 e. The van der Waals surface area contributed by atoms with Crippen molar-refractivity contribution in [3.05, 3.63) is 95.3 Å². The minimum atomic E-state index is -1.07. The highest BCUT2D eigenvalue weighted by molar-refractivity contribution is 6.04. The number of carbonyl (C=O) groups excluding carboxylic acids is 1. The Balaban J connectivity index is 1.58. The summed E-state index contributed by atoms with van der Waals surface area (Å²) in [5.41, 5.74) is 1.88. The number of pyridine rings is 1. The number of hydrogen-bond donors (Lipinski definition) is 2. The van der Waals surface area contributed by atoms with Gasteiger partial charge in [0, 0.05) is 31.1 Å². The van der Waals surface area contributed by atoms with Crippen molar-refractivity contribution in [2.75, 3.05) is 5.32 Å². The van der Waals surface area contributed by atoms with E-state index in [2.05, 4.69) is 10.3 Å². The molecule has 7 nitrogen and oxygen atoms in total. The van der Waals surface area contributed by atoms with E-state index in [1.807, 2.05) is 0 Å². The fraction of sp³-hybridized carbons (Fsp3) is 0.0800. The minimum Gasteiger partial charge on any atom is -0.478 e. The number of nitrogens with zero attached hydrogens (tertiary/aromatic N) is 2. The summed E-state index contributed by atoms with van der Waals surface area (Å²) in [5.74, 6) is -2.99. The first-order valence-electron chi connectivity index (χ1n) is 10.1. The molecule has 0 aliphatic rings. The molecule has 0 fully saturated rings. The van der Waals surface area contributed by atoms with Crippen LogP contribution in [-0.4, -0.2) is 26.5 Å². The Labute approximate surface area is 193 Å². The molecule has 0 radical (unpaired) electrons. The Morgan fingerprint density at radius 3 is 2.50 bits per heavy atom. The van der Waals surface area contributed by atoms with Gasteiger partial charge in [-0.25, -0.2) is 13.6 Å². The van der Waals surface area contributed by atoms with Crippen LogP contribution in [0.15, 0.2) is 67.0 Å². The number of rotatable bonds is 6. The van der Waals surface area contributed by atoms with Crippen molar-refractivity contribution in [1.82, 2.24) is 9.55 Å². The number of hydrogen-bond acceptors (Lipinski definition) is 4. The number of carboxylic acid groups (broad SMARTS) is 1. The molecule has 0 bridgehead atoms. The lowest BCUT2D eigenvalue weighted by Crippen LogP contribution is -2.13. The lowest BCUT2D eigenvalue weighted by Gasteiger charge is -2.11. The minimum absolute atomic E-state index is 0.0128. The quantitative estimate of drug-likeness (QED) is 0.399. The predicted molar refractivity (Wildman–Crippen MR) is 121 cm³/mol. The largest absolute Gasteiger partial charge is 0.478 e. The number of nitrogens with one attached hydrogen (secondary N) is 1. The molecule has 1 amide bonds. The first-order chi connectivity index (χ1) is 16.2. The van der Waals surface area contributed by atoms with E-state index in [4.69, 9.17) is 4.74 Å². The number of carbonyl (C=O) groups is 2. The molecule has 0 unspecified atom stereocenters. The van der Waals surface area contributed by atoms with E-state index < -0.39 is 23.5 Å². The van der Waals surface area contributed by atoms with Crippen LogP contribution < -0.4 is 10.1 Å². The molecule has 0 saturated carbocycles. The third-order valence-corrected chi connectivity index (χ3v) is 5.04. The number of benzene rings is 2. The molecule has 0 atom stereocenters. The van der Waals surface area contributed by atoms with Crippen LogP contribution in [0, 0.1) is 18.6 Å². The summed E-state index contributed by atoms with van der Waals surface area (Å²) >= 11 is 0. The van der Waals surface area contributed by atoms with Crippen molar-refractivity contribution < 1.29 is 28.2 Å². The number of aromatic carboxylic acids is 1.